The first kappa shape index (κ1) is 14.2. The number of aliphatic hydroxyl groups excluding tert-OH is 1. The van der Waals surface area contributed by atoms with Crippen molar-refractivity contribution in [1.82, 2.24) is 5.32 Å². The molecule has 0 bridgehead atoms. The summed E-state index contributed by atoms with van der Waals surface area (Å²) in [7, 11) is 0. The molecule has 96 valence electrons. The van der Waals surface area contributed by atoms with Crippen LogP contribution in [0, 0.1) is 0 Å². The molecular weight excluding hydrogens is 214 g/mol. The van der Waals surface area contributed by atoms with Crippen LogP contribution in [0.3, 0.4) is 0 Å². The summed E-state index contributed by atoms with van der Waals surface area (Å²) in [5, 5.41) is 21.6. The van der Waals surface area contributed by atoms with E-state index in [1.807, 2.05) is 0 Å². The predicted octanol–water partition coefficient (Wildman–Crippen LogP) is 1.64. The summed E-state index contributed by atoms with van der Waals surface area (Å²) in [6.07, 6.45) is 0. The Bertz CT molecular complexity index is 331. The molecule has 1 aromatic rings. The molecule has 0 fully saturated rings. The van der Waals surface area contributed by atoms with Gasteiger partial charge in [-0.05, 0) is 24.0 Å². The molecular formula is C14H23NO2. The highest BCUT2D eigenvalue weighted by Crippen LogP contribution is 2.14. The molecule has 0 aromatic heterocycles. The second kappa shape index (κ2) is 6.15. The molecule has 1 atom stereocenters. The first-order valence-corrected chi connectivity index (χ1v) is 6.07. The Labute approximate surface area is 103 Å². The predicted molar refractivity (Wildman–Crippen MR) is 69.9 cm³/mol. The Kier molecular flexibility index (Phi) is 5.12. The lowest BCUT2D eigenvalue weighted by Crippen LogP contribution is -2.40. The van der Waals surface area contributed by atoms with E-state index >= 15 is 0 Å². The third-order valence-corrected chi connectivity index (χ3v) is 2.82. The van der Waals surface area contributed by atoms with Crippen LogP contribution in [0.1, 0.15) is 37.8 Å². The van der Waals surface area contributed by atoms with E-state index < -0.39 is 5.60 Å². The van der Waals surface area contributed by atoms with E-state index in [1.54, 1.807) is 6.92 Å². The summed E-state index contributed by atoms with van der Waals surface area (Å²) in [6.45, 7) is 6.81. The number of benzene rings is 1. The molecule has 0 spiro atoms. The average molecular weight is 237 g/mol. The van der Waals surface area contributed by atoms with Gasteiger partial charge >= 0.3 is 0 Å². The standard InChI is InChI=1S/C14H23NO2/c1-11(2)13-6-4-12(5-7-13)8-15-9-14(3,17)10-16/h4-7,11,15-17H,8-10H2,1-3H3. The number of hydrogen-bond donors (Lipinski definition) is 3. The second-order valence-corrected chi connectivity index (χ2v) is 5.15. The molecule has 0 aliphatic heterocycles. The van der Waals surface area contributed by atoms with Gasteiger partial charge < -0.3 is 15.5 Å². The van der Waals surface area contributed by atoms with Gasteiger partial charge in [0.1, 0.15) is 0 Å². The number of rotatable bonds is 6. The van der Waals surface area contributed by atoms with Crippen LogP contribution in [0.5, 0.6) is 0 Å². The largest absolute Gasteiger partial charge is 0.393 e. The summed E-state index contributed by atoms with van der Waals surface area (Å²) < 4.78 is 0. The lowest BCUT2D eigenvalue weighted by Gasteiger charge is -2.20. The Hall–Kier alpha value is -0.900. The number of aliphatic hydroxyl groups is 2. The molecule has 0 amide bonds. The zero-order valence-corrected chi connectivity index (χ0v) is 10.9. The molecule has 3 nitrogen and oxygen atoms in total. The molecule has 0 saturated carbocycles. The molecule has 1 aromatic carbocycles. The van der Waals surface area contributed by atoms with Crippen LogP contribution in [0.2, 0.25) is 0 Å². The molecule has 0 aliphatic rings. The highest BCUT2D eigenvalue weighted by atomic mass is 16.3. The lowest BCUT2D eigenvalue weighted by molar-refractivity contribution is 0.00254. The van der Waals surface area contributed by atoms with Gasteiger partial charge in [0.25, 0.3) is 0 Å². The van der Waals surface area contributed by atoms with Crippen molar-refractivity contribution in [1.29, 1.82) is 0 Å². The summed E-state index contributed by atoms with van der Waals surface area (Å²) in [5.41, 5.74) is 1.47. The van der Waals surface area contributed by atoms with Crippen molar-refractivity contribution in [2.75, 3.05) is 13.2 Å². The van der Waals surface area contributed by atoms with Gasteiger partial charge in [-0.25, -0.2) is 0 Å². The van der Waals surface area contributed by atoms with E-state index in [0.717, 1.165) is 0 Å². The second-order valence-electron chi connectivity index (χ2n) is 5.15. The normalized spacial score (nSPS) is 14.9. The fraction of sp³-hybridized carbons (Fsp3) is 0.571. The van der Waals surface area contributed by atoms with Crippen LogP contribution in [0.4, 0.5) is 0 Å². The molecule has 0 saturated heterocycles. The molecule has 1 unspecified atom stereocenters. The lowest BCUT2D eigenvalue weighted by atomic mass is 10.0. The van der Waals surface area contributed by atoms with E-state index in [-0.39, 0.29) is 6.61 Å². The quantitative estimate of drug-likeness (QED) is 0.705. The minimum absolute atomic E-state index is 0.230. The Morgan fingerprint density at radius 3 is 2.29 bits per heavy atom. The first-order valence-electron chi connectivity index (χ1n) is 6.07. The highest BCUT2D eigenvalue weighted by Gasteiger charge is 2.17. The van der Waals surface area contributed by atoms with Gasteiger partial charge in [-0.1, -0.05) is 38.1 Å². The molecule has 0 aliphatic carbocycles. The van der Waals surface area contributed by atoms with E-state index in [9.17, 15) is 5.11 Å². The molecule has 3 heteroatoms. The van der Waals surface area contributed by atoms with Crippen molar-refractivity contribution in [3.63, 3.8) is 0 Å². The van der Waals surface area contributed by atoms with Crippen LogP contribution in [-0.4, -0.2) is 29.0 Å². The minimum atomic E-state index is -1.04. The van der Waals surface area contributed by atoms with Gasteiger partial charge in [-0.3, -0.25) is 0 Å². The van der Waals surface area contributed by atoms with Gasteiger partial charge in [0.15, 0.2) is 0 Å². The van der Waals surface area contributed by atoms with Crippen LogP contribution in [0.15, 0.2) is 24.3 Å². The van der Waals surface area contributed by atoms with Crippen molar-refractivity contribution in [2.45, 2.75) is 38.8 Å². The topological polar surface area (TPSA) is 52.5 Å². The molecule has 3 N–H and O–H groups in total. The van der Waals surface area contributed by atoms with Crippen molar-refractivity contribution in [3.8, 4) is 0 Å². The van der Waals surface area contributed by atoms with Crippen LogP contribution >= 0.6 is 0 Å². The smallest absolute Gasteiger partial charge is 0.0972 e. The van der Waals surface area contributed by atoms with Gasteiger partial charge in [0, 0.05) is 13.1 Å². The van der Waals surface area contributed by atoms with Crippen LogP contribution < -0.4 is 5.32 Å². The van der Waals surface area contributed by atoms with Crippen LogP contribution in [0.25, 0.3) is 0 Å². The minimum Gasteiger partial charge on any atom is -0.393 e. The monoisotopic (exact) mass is 237 g/mol. The average Bonchev–Trinajstić information content (AvgIpc) is 2.29. The van der Waals surface area contributed by atoms with E-state index in [1.165, 1.54) is 11.1 Å². The first-order chi connectivity index (χ1) is 7.94. The fourth-order valence-corrected chi connectivity index (χ4v) is 1.55. The summed E-state index contributed by atoms with van der Waals surface area (Å²) in [4.78, 5) is 0. The van der Waals surface area contributed by atoms with Gasteiger partial charge in [0.05, 0.1) is 12.2 Å². The summed E-state index contributed by atoms with van der Waals surface area (Å²) in [5.74, 6) is 0.548. The van der Waals surface area contributed by atoms with E-state index in [4.69, 9.17) is 5.11 Å². The van der Waals surface area contributed by atoms with Crippen molar-refractivity contribution < 1.29 is 10.2 Å². The SMILES string of the molecule is CC(C)c1ccc(CNCC(C)(O)CO)cc1. The third kappa shape index (κ3) is 4.86. The fourth-order valence-electron chi connectivity index (χ4n) is 1.55. The molecule has 17 heavy (non-hydrogen) atoms. The van der Waals surface area contributed by atoms with Crippen molar-refractivity contribution in [3.05, 3.63) is 35.4 Å². The van der Waals surface area contributed by atoms with Crippen LogP contribution in [-0.2, 0) is 6.54 Å². The van der Waals surface area contributed by atoms with E-state index in [0.29, 0.717) is 19.0 Å². The van der Waals surface area contributed by atoms with Gasteiger partial charge in [0.2, 0.25) is 0 Å². The molecule has 0 radical (unpaired) electrons. The summed E-state index contributed by atoms with van der Waals surface area (Å²) >= 11 is 0. The maximum absolute atomic E-state index is 9.61. The molecule has 0 heterocycles. The van der Waals surface area contributed by atoms with Crippen molar-refractivity contribution >= 4 is 0 Å². The Balaban J connectivity index is 2.42. The zero-order valence-electron chi connectivity index (χ0n) is 10.9. The Morgan fingerprint density at radius 1 is 1.24 bits per heavy atom. The highest BCUT2D eigenvalue weighted by molar-refractivity contribution is 5.24. The van der Waals surface area contributed by atoms with Gasteiger partial charge in [-0.2, -0.15) is 0 Å². The third-order valence-electron chi connectivity index (χ3n) is 2.82. The maximum atomic E-state index is 9.61. The number of nitrogens with one attached hydrogen (secondary N) is 1. The maximum Gasteiger partial charge on any atom is 0.0972 e. The van der Waals surface area contributed by atoms with E-state index in [2.05, 4.69) is 43.4 Å². The zero-order chi connectivity index (χ0) is 12.9. The number of hydrogen-bond acceptors (Lipinski definition) is 3. The molecule has 1 rings (SSSR count). The van der Waals surface area contributed by atoms with Gasteiger partial charge in [-0.15, -0.1) is 0 Å². The summed E-state index contributed by atoms with van der Waals surface area (Å²) in [6, 6.07) is 8.45. The Morgan fingerprint density at radius 2 is 1.82 bits per heavy atom. The van der Waals surface area contributed by atoms with Crippen molar-refractivity contribution in [2.24, 2.45) is 0 Å².